The summed E-state index contributed by atoms with van der Waals surface area (Å²) >= 11 is 12.2. The SMILES string of the molecule is COc1cc(CN2CC[C](c3ccc(Cl)c(Cl)c3)C2)cc(OC)c1OC. The van der Waals surface area contributed by atoms with E-state index in [1.54, 1.807) is 21.3 Å². The number of hydrogen-bond acceptors (Lipinski definition) is 4. The number of benzene rings is 2. The van der Waals surface area contributed by atoms with Crippen LogP contribution in [0.15, 0.2) is 30.3 Å². The van der Waals surface area contributed by atoms with E-state index in [9.17, 15) is 0 Å². The first-order chi connectivity index (χ1) is 12.5. The molecule has 1 heterocycles. The van der Waals surface area contributed by atoms with Crippen LogP contribution in [0, 0.1) is 5.92 Å². The van der Waals surface area contributed by atoms with Crippen LogP contribution in [0.1, 0.15) is 17.5 Å². The molecule has 3 rings (SSSR count). The van der Waals surface area contributed by atoms with Crippen LogP contribution in [0.5, 0.6) is 17.2 Å². The number of ether oxygens (including phenoxy) is 3. The number of nitrogens with zero attached hydrogens (tertiary/aromatic N) is 1. The third-order valence-corrected chi connectivity index (χ3v) is 5.34. The molecule has 6 heteroatoms. The summed E-state index contributed by atoms with van der Waals surface area (Å²) in [4.78, 5) is 2.39. The van der Waals surface area contributed by atoms with Gasteiger partial charge in [0.15, 0.2) is 11.5 Å². The van der Waals surface area contributed by atoms with Crippen molar-refractivity contribution in [2.45, 2.75) is 13.0 Å². The van der Waals surface area contributed by atoms with E-state index < -0.39 is 0 Å². The van der Waals surface area contributed by atoms with Gasteiger partial charge in [0, 0.05) is 19.0 Å². The summed E-state index contributed by atoms with van der Waals surface area (Å²) in [7, 11) is 4.87. The molecule has 0 unspecified atom stereocenters. The normalized spacial score (nSPS) is 15.3. The summed E-state index contributed by atoms with van der Waals surface area (Å²) < 4.78 is 16.3. The van der Waals surface area contributed by atoms with E-state index in [-0.39, 0.29) is 0 Å². The Morgan fingerprint density at radius 2 is 1.62 bits per heavy atom. The topological polar surface area (TPSA) is 30.9 Å². The molecular formula is C20H22Cl2NO3. The van der Waals surface area contributed by atoms with Crippen LogP contribution in [0.2, 0.25) is 10.0 Å². The van der Waals surface area contributed by atoms with Gasteiger partial charge >= 0.3 is 0 Å². The summed E-state index contributed by atoms with van der Waals surface area (Å²) in [6.07, 6.45) is 1.02. The Hall–Kier alpha value is -1.62. The Balaban J connectivity index is 1.73. The van der Waals surface area contributed by atoms with Crippen LogP contribution in [0.4, 0.5) is 0 Å². The minimum absolute atomic E-state index is 0.586. The lowest BCUT2D eigenvalue weighted by Crippen LogP contribution is -2.20. The zero-order valence-electron chi connectivity index (χ0n) is 15.1. The molecule has 26 heavy (non-hydrogen) atoms. The van der Waals surface area contributed by atoms with Gasteiger partial charge in [0.05, 0.1) is 31.4 Å². The van der Waals surface area contributed by atoms with E-state index in [0.29, 0.717) is 27.3 Å². The van der Waals surface area contributed by atoms with Crippen molar-refractivity contribution < 1.29 is 14.2 Å². The molecule has 0 amide bonds. The van der Waals surface area contributed by atoms with Crippen molar-refractivity contribution in [1.82, 2.24) is 4.90 Å². The van der Waals surface area contributed by atoms with E-state index in [2.05, 4.69) is 4.90 Å². The van der Waals surface area contributed by atoms with Crippen molar-refractivity contribution in [2.75, 3.05) is 34.4 Å². The van der Waals surface area contributed by atoms with Gasteiger partial charge in [-0.15, -0.1) is 0 Å². The molecule has 1 aliphatic heterocycles. The highest BCUT2D eigenvalue weighted by atomic mass is 35.5. The molecule has 1 aliphatic rings. The number of rotatable bonds is 6. The van der Waals surface area contributed by atoms with Gasteiger partial charge in [-0.05, 0) is 48.4 Å². The Labute approximate surface area is 164 Å². The summed E-state index contributed by atoms with van der Waals surface area (Å²) in [6.45, 7) is 2.70. The highest BCUT2D eigenvalue weighted by Gasteiger charge is 2.25. The van der Waals surface area contributed by atoms with Crippen molar-refractivity contribution in [1.29, 1.82) is 0 Å². The fourth-order valence-corrected chi connectivity index (χ4v) is 3.59. The number of hydrogen-bond donors (Lipinski definition) is 0. The number of methoxy groups -OCH3 is 3. The fraction of sp³-hybridized carbons (Fsp3) is 0.350. The van der Waals surface area contributed by atoms with Gasteiger partial charge in [-0.3, -0.25) is 4.90 Å². The van der Waals surface area contributed by atoms with Gasteiger partial charge < -0.3 is 14.2 Å². The average molecular weight is 395 g/mol. The first-order valence-corrected chi connectivity index (χ1v) is 9.12. The van der Waals surface area contributed by atoms with E-state index >= 15 is 0 Å². The maximum absolute atomic E-state index is 6.16. The van der Waals surface area contributed by atoms with Gasteiger partial charge in [0.25, 0.3) is 0 Å². The molecular weight excluding hydrogens is 373 g/mol. The largest absolute Gasteiger partial charge is 0.493 e. The lowest BCUT2D eigenvalue weighted by molar-refractivity contribution is 0.315. The molecule has 0 spiro atoms. The van der Waals surface area contributed by atoms with Crippen molar-refractivity contribution in [3.63, 3.8) is 0 Å². The third kappa shape index (κ3) is 4.03. The summed E-state index contributed by atoms with van der Waals surface area (Å²) in [5.41, 5.74) is 2.28. The van der Waals surface area contributed by atoms with Crippen molar-refractivity contribution in [3.05, 3.63) is 57.4 Å². The molecule has 1 radical (unpaired) electrons. The van der Waals surface area contributed by atoms with Crippen LogP contribution < -0.4 is 14.2 Å². The second-order valence-electron chi connectivity index (χ2n) is 6.23. The molecule has 0 N–H and O–H groups in total. The molecule has 0 aliphatic carbocycles. The average Bonchev–Trinajstić information content (AvgIpc) is 3.11. The Morgan fingerprint density at radius 3 is 2.19 bits per heavy atom. The molecule has 139 valence electrons. The van der Waals surface area contributed by atoms with Crippen molar-refractivity contribution >= 4 is 23.2 Å². The van der Waals surface area contributed by atoms with Gasteiger partial charge in [0.1, 0.15) is 0 Å². The van der Waals surface area contributed by atoms with E-state index in [4.69, 9.17) is 37.4 Å². The molecule has 1 fully saturated rings. The molecule has 0 saturated carbocycles. The Kier molecular flexibility index (Phi) is 6.17. The maximum atomic E-state index is 6.16. The van der Waals surface area contributed by atoms with Crippen LogP contribution in [-0.2, 0) is 6.54 Å². The zero-order valence-corrected chi connectivity index (χ0v) is 16.7. The maximum Gasteiger partial charge on any atom is 0.203 e. The zero-order chi connectivity index (χ0) is 18.7. The first-order valence-electron chi connectivity index (χ1n) is 8.37. The van der Waals surface area contributed by atoms with Gasteiger partial charge in [-0.2, -0.15) is 0 Å². The van der Waals surface area contributed by atoms with E-state index in [0.717, 1.165) is 37.2 Å². The van der Waals surface area contributed by atoms with Crippen molar-refractivity contribution in [3.8, 4) is 17.2 Å². The first kappa shape index (κ1) is 19.2. The summed E-state index contributed by atoms with van der Waals surface area (Å²) in [5.74, 6) is 3.34. The standard InChI is InChI=1S/C20H22Cl2NO3/c1-24-18-8-13(9-19(25-2)20(18)26-3)11-23-7-6-15(12-23)14-4-5-16(21)17(22)10-14/h4-5,8-10H,6-7,11-12H2,1-3H3. The van der Waals surface area contributed by atoms with E-state index in [1.165, 1.54) is 5.92 Å². The fourth-order valence-electron chi connectivity index (χ4n) is 3.29. The smallest absolute Gasteiger partial charge is 0.203 e. The Bertz CT molecular complexity index is 757. The lowest BCUT2D eigenvalue weighted by atomic mass is 9.99. The minimum atomic E-state index is 0.586. The number of likely N-dealkylation sites (tertiary alicyclic amines) is 1. The molecule has 0 aromatic heterocycles. The Morgan fingerprint density at radius 1 is 0.923 bits per heavy atom. The minimum Gasteiger partial charge on any atom is -0.493 e. The van der Waals surface area contributed by atoms with E-state index in [1.807, 2.05) is 30.3 Å². The van der Waals surface area contributed by atoms with Crippen LogP contribution in [0.25, 0.3) is 0 Å². The number of halogens is 2. The van der Waals surface area contributed by atoms with Gasteiger partial charge in [0.2, 0.25) is 5.75 Å². The highest BCUT2D eigenvalue weighted by Crippen LogP contribution is 2.39. The second-order valence-corrected chi connectivity index (χ2v) is 7.04. The quantitative estimate of drug-likeness (QED) is 0.700. The van der Waals surface area contributed by atoms with Crippen LogP contribution in [0.3, 0.4) is 0 Å². The van der Waals surface area contributed by atoms with Gasteiger partial charge in [-0.25, -0.2) is 0 Å². The van der Waals surface area contributed by atoms with Crippen LogP contribution >= 0.6 is 23.2 Å². The molecule has 0 bridgehead atoms. The second kappa shape index (κ2) is 8.38. The molecule has 0 atom stereocenters. The van der Waals surface area contributed by atoms with Crippen molar-refractivity contribution in [2.24, 2.45) is 0 Å². The van der Waals surface area contributed by atoms with Gasteiger partial charge in [-0.1, -0.05) is 29.3 Å². The molecule has 2 aromatic rings. The summed E-state index contributed by atoms with van der Waals surface area (Å²) in [5, 5.41) is 1.18. The third-order valence-electron chi connectivity index (χ3n) is 4.60. The molecule has 1 saturated heterocycles. The summed E-state index contributed by atoms with van der Waals surface area (Å²) in [6, 6.07) is 9.83. The predicted molar refractivity (Wildman–Crippen MR) is 105 cm³/mol. The molecule has 2 aromatic carbocycles. The van der Waals surface area contributed by atoms with Crippen LogP contribution in [-0.4, -0.2) is 39.3 Å². The monoisotopic (exact) mass is 394 g/mol. The highest BCUT2D eigenvalue weighted by molar-refractivity contribution is 6.42. The molecule has 4 nitrogen and oxygen atoms in total. The predicted octanol–water partition coefficient (Wildman–Crippen LogP) is 4.85. The lowest BCUT2D eigenvalue weighted by Gasteiger charge is -2.19.